The molecular weight excluding hydrogens is 350 g/mol. The number of aromatic nitrogens is 2. The van der Waals surface area contributed by atoms with Crippen molar-refractivity contribution in [3.63, 3.8) is 0 Å². The van der Waals surface area contributed by atoms with Crippen LogP contribution in [0.3, 0.4) is 0 Å². The van der Waals surface area contributed by atoms with Gasteiger partial charge in [-0.05, 0) is 29.8 Å². The Morgan fingerprint density at radius 3 is 2.46 bits per heavy atom. The van der Waals surface area contributed by atoms with Crippen molar-refractivity contribution in [1.29, 1.82) is 0 Å². The van der Waals surface area contributed by atoms with Gasteiger partial charge in [-0.2, -0.15) is 0 Å². The van der Waals surface area contributed by atoms with Crippen LogP contribution in [0.25, 0.3) is 10.9 Å². The monoisotopic (exact) mass is 363 g/mol. The second-order valence-electron chi connectivity index (χ2n) is 5.30. The number of nitrogens with two attached hydrogens (primary N) is 1. The van der Waals surface area contributed by atoms with Gasteiger partial charge in [0.25, 0.3) is 5.56 Å². The minimum Gasteiger partial charge on any atom is -0.281 e. The molecule has 1 heterocycles. The second kappa shape index (κ2) is 6.35. The summed E-state index contributed by atoms with van der Waals surface area (Å²) in [6, 6.07) is 13.1. The van der Waals surface area contributed by atoms with Gasteiger partial charge in [-0.25, -0.2) is 18.5 Å². The Kier molecular flexibility index (Phi) is 4.40. The van der Waals surface area contributed by atoms with Crippen molar-refractivity contribution in [2.45, 2.75) is 16.8 Å². The smallest absolute Gasteiger partial charge is 0.262 e. The van der Waals surface area contributed by atoms with E-state index in [1.807, 2.05) is 6.07 Å². The van der Waals surface area contributed by atoms with Crippen molar-refractivity contribution in [2.75, 3.05) is 0 Å². The summed E-state index contributed by atoms with van der Waals surface area (Å²) in [7, 11) is -3.73. The fourth-order valence-corrected chi connectivity index (χ4v) is 3.22. The van der Waals surface area contributed by atoms with E-state index in [1.165, 1.54) is 23.0 Å². The van der Waals surface area contributed by atoms with Crippen LogP contribution >= 0.6 is 11.6 Å². The summed E-state index contributed by atoms with van der Waals surface area (Å²) in [6.45, 7) is 0. The molecule has 0 saturated carbocycles. The van der Waals surface area contributed by atoms with Gasteiger partial charge in [0, 0.05) is 6.42 Å². The van der Waals surface area contributed by atoms with E-state index < -0.39 is 15.5 Å². The molecule has 6 nitrogen and oxygen atoms in total. The van der Waals surface area contributed by atoms with Crippen molar-refractivity contribution in [3.05, 3.63) is 70.8 Å². The average molecular weight is 364 g/mol. The molecule has 1 unspecified atom stereocenters. The fourth-order valence-electron chi connectivity index (χ4n) is 2.39. The predicted molar refractivity (Wildman–Crippen MR) is 92.4 cm³/mol. The summed E-state index contributed by atoms with van der Waals surface area (Å²) < 4.78 is 23.9. The van der Waals surface area contributed by atoms with Crippen LogP contribution in [0.1, 0.15) is 11.1 Å². The summed E-state index contributed by atoms with van der Waals surface area (Å²) in [5.41, 5.74) is 0.527. The zero-order valence-corrected chi connectivity index (χ0v) is 14.0. The van der Waals surface area contributed by atoms with Gasteiger partial charge in [-0.1, -0.05) is 35.9 Å². The maximum absolute atomic E-state index is 12.5. The first kappa shape index (κ1) is 16.6. The number of primary sulfonamides is 1. The standard InChI is InChI=1S/C16H14ClN3O3S/c17-15(9-11-5-7-12(8-6-11)24(18,22)23)20-10-19-14-4-2-1-3-13(14)16(20)21/h1-8,10,15H,9H2,(H2,18,22,23). The largest absolute Gasteiger partial charge is 0.281 e. The number of para-hydroxylation sites is 1. The Balaban J connectivity index is 1.89. The molecule has 0 aliphatic carbocycles. The molecule has 0 radical (unpaired) electrons. The molecule has 24 heavy (non-hydrogen) atoms. The Morgan fingerprint density at radius 1 is 1.12 bits per heavy atom. The molecule has 2 aromatic carbocycles. The molecule has 0 aliphatic heterocycles. The quantitative estimate of drug-likeness (QED) is 0.717. The maximum atomic E-state index is 12.5. The van der Waals surface area contributed by atoms with Crippen molar-refractivity contribution < 1.29 is 8.42 Å². The molecule has 1 aromatic heterocycles. The van der Waals surface area contributed by atoms with Crippen LogP contribution in [0.4, 0.5) is 0 Å². The summed E-state index contributed by atoms with van der Waals surface area (Å²) >= 11 is 6.36. The van der Waals surface area contributed by atoms with Gasteiger partial charge in [0.1, 0.15) is 5.50 Å². The minimum absolute atomic E-state index is 0.0295. The minimum atomic E-state index is -3.73. The van der Waals surface area contributed by atoms with E-state index in [1.54, 1.807) is 30.3 Å². The number of halogens is 1. The third kappa shape index (κ3) is 3.33. The van der Waals surface area contributed by atoms with Gasteiger partial charge < -0.3 is 0 Å². The summed E-state index contributed by atoms with van der Waals surface area (Å²) in [4.78, 5) is 16.8. The van der Waals surface area contributed by atoms with Crippen LogP contribution in [0.2, 0.25) is 0 Å². The molecule has 0 bridgehead atoms. The molecule has 3 rings (SSSR count). The highest BCUT2D eigenvalue weighted by atomic mass is 35.5. The molecular formula is C16H14ClN3O3S. The van der Waals surface area contributed by atoms with E-state index >= 15 is 0 Å². The summed E-state index contributed by atoms with van der Waals surface area (Å²) in [6.07, 6.45) is 1.76. The highest BCUT2D eigenvalue weighted by Gasteiger charge is 2.13. The Morgan fingerprint density at radius 2 is 1.79 bits per heavy atom. The van der Waals surface area contributed by atoms with Gasteiger partial charge in [0.2, 0.25) is 10.0 Å². The lowest BCUT2D eigenvalue weighted by Crippen LogP contribution is -2.23. The number of fused-ring (bicyclic) bond motifs is 1. The normalized spacial score (nSPS) is 13.1. The SMILES string of the molecule is NS(=O)(=O)c1ccc(CC(Cl)n2cnc3ccccc3c2=O)cc1. The van der Waals surface area contributed by atoms with Crippen molar-refractivity contribution in [2.24, 2.45) is 5.14 Å². The molecule has 3 aromatic rings. The van der Waals surface area contributed by atoms with E-state index in [-0.39, 0.29) is 10.5 Å². The van der Waals surface area contributed by atoms with Gasteiger partial charge in [-0.15, -0.1) is 0 Å². The summed E-state index contributed by atoms with van der Waals surface area (Å²) in [5.74, 6) is 0. The Labute approximate surface area is 143 Å². The number of sulfonamides is 1. The lowest BCUT2D eigenvalue weighted by molar-refractivity contribution is 0.597. The molecule has 0 spiro atoms. The van der Waals surface area contributed by atoms with Crippen molar-refractivity contribution in [3.8, 4) is 0 Å². The number of hydrogen-bond donors (Lipinski definition) is 1. The van der Waals surface area contributed by atoms with E-state index in [2.05, 4.69) is 4.98 Å². The van der Waals surface area contributed by atoms with Gasteiger partial charge in [0.05, 0.1) is 22.1 Å². The average Bonchev–Trinajstić information content (AvgIpc) is 2.55. The van der Waals surface area contributed by atoms with Crippen LogP contribution in [0, 0.1) is 0 Å². The van der Waals surface area contributed by atoms with Gasteiger partial charge >= 0.3 is 0 Å². The number of nitrogens with zero attached hydrogens (tertiary/aromatic N) is 2. The van der Waals surface area contributed by atoms with Gasteiger partial charge in [-0.3, -0.25) is 9.36 Å². The zero-order valence-electron chi connectivity index (χ0n) is 12.5. The molecule has 0 saturated heterocycles. The van der Waals surface area contributed by atoms with Crippen molar-refractivity contribution in [1.82, 2.24) is 9.55 Å². The molecule has 0 amide bonds. The van der Waals surface area contributed by atoms with Crippen LogP contribution < -0.4 is 10.7 Å². The van der Waals surface area contributed by atoms with E-state index in [9.17, 15) is 13.2 Å². The molecule has 0 fully saturated rings. The predicted octanol–water partition coefficient (Wildman–Crippen LogP) is 2.02. The number of alkyl halides is 1. The molecule has 2 N–H and O–H groups in total. The van der Waals surface area contributed by atoms with Crippen LogP contribution in [-0.2, 0) is 16.4 Å². The molecule has 124 valence electrons. The number of hydrogen-bond acceptors (Lipinski definition) is 4. The molecule has 8 heteroatoms. The van der Waals surface area contributed by atoms with E-state index in [4.69, 9.17) is 16.7 Å². The second-order valence-corrected chi connectivity index (χ2v) is 7.37. The first-order chi connectivity index (χ1) is 11.4. The Hall–Kier alpha value is -2.22. The summed E-state index contributed by atoms with van der Waals surface area (Å²) in [5, 5.41) is 5.56. The van der Waals surface area contributed by atoms with Gasteiger partial charge in [0.15, 0.2) is 0 Å². The first-order valence-electron chi connectivity index (χ1n) is 7.08. The molecule has 1 atom stereocenters. The van der Waals surface area contributed by atoms with Crippen molar-refractivity contribution >= 4 is 32.5 Å². The number of rotatable bonds is 4. The third-order valence-electron chi connectivity index (χ3n) is 3.65. The van der Waals surface area contributed by atoms with Crippen LogP contribution in [-0.4, -0.2) is 18.0 Å². The van der Waals surface area contributed by atoms with Crippen LogP contribution in [0.5, 0.6) is 0 Å². The molecule has 0 aliphatic rings. The van der Waals surface area contributed by atoms with E-state index in [0.29, 0.717) is 17.3 Å². The number of benzene rings is 2. The van der Waals surface area contributed by atoms with Crippen LogP contribution in [0.15, 0.2) is 64.5 Å². The third-order valence-corrected chi connectivity index (χ3v) is 4.94. The lowest BCUT2D eigenvalue weighted by Gasteiger charge is -2.13. The first-order valence-corrected chi connectivity index (χ1v) is 9.06. The zero-order chi connectivity index (χ0) is 17.3. The Bertz CT molecular complexity index is 1050. The maximum Gasteiger partial charge on any atom is 0.262 e. The van der Waals surface area contributed by atoms with E-state index in [0.717, 1.165) is 5.56 Å². The highest BCUT2D eigenvalue weighted by molar-refractivity contribution is 7.89. The topological polar surface area (TPSA) is 95.1 Å². The lowest BCUT2D eigenvalue weighted by atomic mass is 10.1. The highest BCUT2D eigenvalue weighted by Crippen LogP contribution is 2.19. The fraction of sp³-hybridized carbons (Fsp3) is 0.125.